The van der Waals surface area contributed by atoms with Crippen molar-refractivity contribution < 1.29 is 4.55 Å². The molecule has 0 radical (unpaired) electrons. The molecule has 0 saturated carbocycles. The first kappa shape index (κ1) is 17.7. The van der Waals surface area contributed by atoms with E-state index < -0.39 is 11.4 Å². The molecule has 1 atom stereocenters. The van der Waals surface area contributed by atoms with Crippen LogP contribution in [0.15, 0.2) is 47.3 Å². The summed E-state index contributed by atoms with van der Waals surface area (Å²) < 4.78 is 18.1. The molecule has 4 nitrogen and oxygen atoms in total. The summed E-state index contributed by atoms with van der Waals surface area (Å²) in [6, 6.07) is 8.35. The monoisotopic (exact) mass is 353 g/mol. The quantitative estimate of drug-likeness (QED) is 0.514. The molecule has 0 saturated heterocycles. The van der Waals surface area contributed by atoms with Crippen molar-refractivity contribution >= 4 is 23.2 Å². The molecule has 0 spiro atoms. The Morgan fingerprint density at radius 2 is 1.88 bits per heavy atom. The summed E-state index contributed by atoms with van der Waals surface area (Å²) in [5.41, 5.74) is 6.47. The van der Waals surface area contributed by atoms with Crippen LogP contribution in [0.25, 0.3) is 16.8 Å². The van der Waals surface area contributed by atoms with E-state index in [2.05, 4.69) is 47.5 Å². The molecule has 0 amide bonds. The summed E-state index contributed by atoms with van der Waals surface area (Å²) in [5.74, 6) is 0. The Labute approximate surface area is 152 Å². The fraction of sp³-hybridized carbons (Fsp3) is 0.300. The highest BCUT2D eigenvalue weighted by molar-refractivity contribution is 7.91. The number of rotatable bonds is 3. The van der Waals surface area contributed by atoms with Gasteiger partial charge in [-0.1, -0.05) is 22.6 Å². The number of fused-ring (bicyclic) bond motifs is 1. The van der Waals surface area contributed by atoms with Crippen molar-refractivity contribution in [3.63, 3.8) is 0 Å². The van der Waals surface area contributed by atoms with Gasteiger partial charge in [0.2, 0.25) is 0 Å². The topological polar surface area (TPSA) is 52.7 Å². The van der Waals surface area contributed by atoms with Gasteiger partial charge in [-0.05, 0) is 57.4 Å². The first-order chi connectivity index (χ1) is 11.8. The Bertz CT molecular complexity index is 918. The lowest BCUT2D eigenvalue weighted by Crippen LogP contribution is -2.25. The van der Waals surface area contributed by atoms with E-state index in [1.807, 2.05) is 37.6 Å². The molecule has 1 aromatic carbocycles. The van der Waals surface area contributed by atoms with Gasteiger partial charge in [0, 0.05) is 29.7 Å². The van der Waals surface area contributed by atoms with Crippen molar-refractivity contribution in [2.45, 2.75) is 39.4 Å². The summed E-state index contributed by atoms with van der Waals surface area (Å²) in [5, 5.41) is 0. The standard InChI is InChI=1S/C20H23N3OS/c1-14-7-6-8-15(2)18(14)17-11-16(12-22-25(24)20(3,4)5)13-23-10-9-21-19(17)23/h6-13H,1-5H3. The molecule has 5 heteroatoms. The van der Waals surface area contributed by atoms with Crippen LogP contribution in [0.2, 0.25) is 0 Å². The van der Waals surface area contributed by atoms with Gasteiger partial charge in [0.25, 0.3) is 0 Å². The Morgan fingerprint density at radius 3 is 2.52 bits per heavy atom. The van der Waals surface area contributed by atoms with Gasteiger partial charge in [-0.15, -0.1) is 0 Å². The Balaban J connectivity index is 2.14. The SMILES string of the molecule is Cc1cccc(C)c1-c1cc(C=N[S+]([O-])C(C)(C)C)cn2ccnc12. The molecular weight excluding hydrogens is 330 g/mol. The third-order valence-corrected chi connectivity index (χ3v) is 5.43. The zero-order valence-corrected chi connectivity index (χ0v) is 16.1. The third-order valence-electron chi connectivity index (χ3n) is 4.08. The van der Waals surface area contributed by atoms with Gasteiger partial charge in [-0.3, -0.25) is 0 Å². The van der Waals surface area contributed by atoms with Crippen LogP contribution in [-0.2, 0) is 11.4 Å². The molecule has 2 aromatic heterocycles. The van der Waals surface area contributed by atoms with Gasteiger partial charge in [0.05, 0.1) is 6.21 Å². The average molecular weight is 353 g/mol. The summed E-state index contributed by atoms with van der Waals surface area (Å²) in [6.45, 7) is 9.97. The van der Waals surface area contributed by atoms with Crippen molar-refractivity contribution in [3.05, 3.63) is 59.5 Å². The normalized spacial score (nSPS) is 13.7. The highest BCUT2D eigenvalue weighted by Gasteiger charge is 2.25. The van der Waals surface area contributed by atoms with Crippen LogP contribution < -0.4 is 0 Å². The van der Waals surface area contributed by atoms with Crippen molar-refractivity contribution in [1.82, 2.24) is 9.38 Å². The van der Waals surface area contributed by atoms with Crippen molar-refractivity contribution in [3.8, 4) is 11.1 Å². The van der Waals surface area contributed by atoms with Crippen LogP contribution in [0.3, 0.4) is 0 Å². The van der Waals surface area contributed by atoms with Crippen LogP contribution in [0.5, 0.6) is 0 Å². The summed E-state index contributed by atoms with van der Waals surface area (Å²) in [6.07, 6.45) is 7.37. The van der Waals surface area contributed by atoms with E-state index in [4.69, 9.17) is 0 Å². The second-order valence-corrected chi connectivity index (χ2v) is 9.14. The number of aryl methyl sites for hydroxylation is 2. The molecule has 0 aliphatic heterocycles. The van der Waals surface area contributed by atoms with Crippen LogP contribution in [0.4, 0.5) is 0 Å². The molecule has 2 heterocycles. The number of hydrogen-bond donors (Lipinski definition) is 0. The molecule has 0 aliphatic rings. The Kier molecular flexibility index (Phi) is 4.71. The fourth-order valence-corrected chi connectivity index (χ4v) is 3.35. The first-order valence-electron chi connectivity index (χ1n) is 8.27. The molecule has 0 N–H and O–H groups in total. The van der Waals surface area contributed by atoms with Crippen LogP contribution in [0, 0.1) is 13.8 Å². The van der Waals surface area contributed by atoms with Crippen LogP contribution in [-0.4, -0.2) is 24.9 Å². The van der Waals surface area contributed by atoms with E-state index in [9.17, 15) is 4.55 Å². The molecule has 0 bridgehead atoms. The number of hydrogen-bond acceptors (Lipinski definition) is 3. The van der Waals surface area contributed by atoms with Gasteiger partial charge in [0.15, 0.2) is 0 Å². The van der Waals surface area contributed by atoms with Crippen molar-refractivity contribution in [1.29, 1.82) is 0 Å². The third kappa shape index (κ3) is 3.62. The Morgan fingerprint density at radius 1 is 1.20 bits per heavy atom. The number of benzene rings is 1. The molecule has 25 heavy (non-hydrogen) atoms. The first-order valence-corrected chi connectivity index (χ1v) is 9.37. The maximum atomic E-state index is 12.2. The maximum absolute atomic E-state index is 12.2. The van der Waals surface area contributed by atoms with Gasteiger partial charge in [-0.25, -0.2) is 4.98 Å². The smallest absolute Gasteiger partial charge is 0.144 e. The molecule has 3 aromatic rings. The second kappa shape index (κ2) is 6.65. The minimum Gasteiger partial charge on any atom is -0.591 e. The predicted octanol–water partition coefficient (Wildman–Crippen LogP) is 4.50. The van der Waals surface area contributed by atoms with Gasteiger partial charge in [0.1, 0.15) is 21.8 Å². The molecule has 3 rings (SSSR count). The molecule has 0 aliphatic carbocycles. The zero-order chi connectivity index (χ0) is 18.2. The number of nitrogens with zero attached hydrogens (tertiary/aromatic N) is 3. The van der Waals surface area contributed by atoms with Gasteiger partial charge >= 0.3 is 0 Å². The summed E-state index contributed by atoms with van der Waals surface area (Å²) in [4.78, 5) is 4.51. The van der Waals surface area contributed by atoms with Crippen LogP contribution in [0.1, 0.15) is 37.5 Å². The fourth-order valence-electron chi connectivity index (χ4n) is 2.82. The molecule has 1 unspecified atom stereocenters. The predicted molar refractivity (Wildman–Crippen MR) is 106 cm³/mol. The van der Waals surface area contributed by atoms with E-state index >= 15 is 0 Å². The number of aromatic nitrogens is 2. The lowest BCUT2D eigenvalue weighted by atomic mass is 9.96. The highest BCUT2D eigenvalue weighted by atomic mass is 32.2. The zero-order valence-electron chi connectivity index (χ0n) is 15.3. The van der Waals surface area contributed by atoms with E-state index in [1.54, 1.807) is 12.4 Å². The highest BCUT2D eigenvalue weighted by Crippen LogP contribution is 2.30. The van der Waals surface area contributed by atoms with Gasteiger partial charge < -0.3 is 8.95 Å². The minimum atomic E-state index is -1.28. The van der Waals surface area contributed by atoms with E-state index in [1.165, 1.54) is 16.7 Å². The van der Waals surface area contributed by atoms with Gasteiger partial charge in [-0.2, -0.15) is 0 Å². The van der Waals surface area contributed by atoms with Crippen LogP contribution >= 0.6 is 0 Å². The lowest BCUT2D eigenvalue weighted by molar-refractivity contribution is 0.562. The molecular formula is C20H23N3OS. The van der Waals surface area contributed by atoms with E-state index in [0.29, 0.717) is 0 Å². The number of imidazole rings is 1. The lowest BCUT2D eigenvalue weighted by Gasteiger charge is -2.17. The van der Waals surface area contributed by atoms with Crippen molar-refractivity contribution in [2.24, 2.45) is 4.40 Å². The number of pyridine rings is 1. The molecule has 130 valence electrons. The van der Waals surface area contributed by atoms with E-state index in [-0.39, 0.29) is 4.75 Å². The molecule has 0 fully saturated rings. The second-order valence-electron chi connectivity index (χ2n) is 7.21. The average Bonchev–Trinajstić information content (AvgIpc) is 3.00. The summed E-state index contributed by atoms with van der Waals surface area (Å²) >= 11 is -1.28. The van der Waals surface area contributed by atoms with E-state index in [0.717, 1.165) is 16.8 Å². The summed E-state index contributed by atoms with van der Waals surface area (Å²) in [7, 11) is 0. The van der Waals surface area contributed by atoms with Crippen molar-refractivity contribution in [2.75, 3.05) is 0 Å². The Hall–Kier alpha value is -2.11. The maximum Gasteiger partial charge on any atom is 0.144 e. The largest absolute Gasteiger partial charge is 0.591 e. The minimum absolute atomic E-state index is 0.370.